The summed E-state index contributed by atoms with van der Waals surface area (Å²) in [5, 5.41) is 0. The van der Waals surface area contributed by atoms with Crippen molar-refractivity contribution < 1.29 is 26.3 Å². The molecule has 0 unspecified atom stereocenters. The van der Waals surface area contributed by atoms with Crippen molar-refractivity contribution in [1.82, 2.24) is 0 Å². The number of benzene rings is 4. The number of fused-ring (bicyclic) bond motifs is 1. The van der Waals surface area contributed by atoms with Crippen LogP contribution in [0.25, 0.3) is 16.7 Å². The normalized spacial score (nSPS) is 16.7. The molecule has 1 aliphatic carbocycles. The molecule has 6 rings (SSSR count). The zero-order valence-electron chi connectivity index (χ0n) is 31.9. The quantitative estimate of drug-likeness (QED) is 0.0714. The van der Waals surface area contributed by atoms with E-state index in [1.807, 2.05) is 117 Å². The van der Waals surface area contributed by atoms with Crippen LogP contribution in [0.1, 0.15) is 52.6 Å². The van der Waals surface area contributed by atoms with E-state index >= 15 is 0 Å². The zero-order valence-corrected chi connectivity index (χ0v) is 37.6. The Kier molecular flexibility index (Phi) is 13.5. The summed E-state index contributed by atoms with van der Waals surface area (Å²) >= 11 is 6.35. The number of rotatable bonds is 9. The summed E-state index contributed by atoms with van der Waals surface area (Å²) in [6.07, 6.45) is 4.14. The molecular formula is C46H42F6N2PbS2+. The van der Waals surface area contributed by atoms with Gasteiger partial charge in [-0.25, -0.2) is 0 Å². The molecular weight excluding hydrogens is 966 g/mol. The van der Waals surface area contributed by atoms with E-state index in [0.717, 1.165) is 86.9 Å². The molecule has 3 radical (unpaired) electrons. The van der Waals surface area contributed by atoms with E-state index in [2.05, 4.69) is 36.9 Å². The van der Waals surface area contributed by atoms with Crippen LogP contribution in [0.15, 0.2) is 145 Å². The van der Waals surface area contributed by atoms with Crippen molar-refractivity contribution in [2.24, 2.45) is 0 Å². The van der Waals surface area contributed by atoms with Gasteiger partial charge in [0.1, 0.15) is 0 Å². The molecule has 0 spiro atoms. The van der Waals surface area contributed by atoms with Gasteiger partial charge in [0, 0.05) is 25.8 Å². The van der Waals surface area contributed by atoms with E-state index in [-0.39, 0.29) is 11.6 Å². The molecule has 2 nitrogen and oxygen atoms in total. The van der Waals surface area contributed by atoms with Gasteiger partial charge in [-0.05, 0) is 36.7 Å². The predicted molar refractivity (Wildman–Crippen MR) is 230 cm³/mol. The van der Waals surface area contributed by atoms with Crippen LogP contribution in [-0.2, 0) is 31.4 Å². The average molecular weight is 1010 g/mol. The Morgan fingerprint density at radius 1 is 0.789 bits per heavy atom. The number of allylic oxidation sites excluding steroid dienone is 11. The van der Waals surface area contributed by atoms with E-state index in [0.29, 0.717) is 42.4 Å². The number of thioether (sulfide) groups is 1. The van der Waals surface area contributed by atoms with Gasteiger partial charge in [-0.3, -0.25) is 0 Å². The van der Waals surface area contributed by atoms with Crippen LogP contribution >= 0.6 is 11.8 Å². The Morgan fingerprint density at radius 3 is 2.07 bits per heavy atom. The first-order chi connectivity index (χ1) is 27.0. The number of nitrogens with zero attached hydrogens (tertiary/aromatic N) is 2. The molecule has 4 aromatic carbocycles. The van der Waals surface area contributed by atoms with Gasteiger partial charge in [-0.1, -0.05) is 30.3 Å². The van der Waals surface area contributed by atoms with Crippen LogP contribution in [0, 0.1) is 0 Å². The standard InChI is InChI=1S/C46H41F6N2S2.Pb/c1-53(2)38-19-21-40(42(55)28-38)31(14-13-30-9-6-5-7-10-30)15-17-33-11-8-12-34(18-16-32-23-24-56-43-29-39(54(3)4)20-22-41(32)43)44(33)35-25-36(45(47,48)49)27-37(26-35)46(50,51)52;/h5-7,9-10,14-23,25-29,55H,8,11-13H2,1-4H3;/p+1/b17-15+,31-14-,32-16+,34-18+;. The summed E-state index contributed by atoms with van der Waals surface area (Å²) < 4.78 is 86.9. The molecule has 0 bridgehead atoms. The third kappa shape index (κ3) is 10.6. The van der Waals surface area contributed by atoms with Crippen molar-refractivity contribution >= 4 is 78.3 Å². The Balaban J connectivity index is 1.55. The largest absolute Gasteiger partial charge is 0.160 e. The van der Waals surface area contributed by atoms with Crippen LogP contribution in [0.3, 0.4) is 0 Å². The summed E-state index contributed by atoms with van der Waals surface area (Å²) in [6, 6.07) is 24.1. The maximum absolute atomic E-state index is 14.3. The molecule has 0 N–H and O–H groups in total. The molecule has 293 valence electrons. The molecule has 0 saturated heterocycles. The second-order valence-electron chi connectivity index (χ2n) is 14.4. The maximum Gasteiger partial charge on any atom is 0.160 e. The first-order valence-electron chi connectivity index (χ1n) is 18.3. The van der Waals surface area contributed by atoms with Crippen molar-refractivity contribution in [3.63, 3.8) is 0 Å². The summed E-state index contributed by atoms with van der Waals surface area (Å²) in [6.45, 7) is 0. The fourth-order valence-electron chi connectivity index (χ4n) is 6.90. The van der Waals surface area contributed by atoms with Crippen LogP contribution in [0.2, 0.25) is 0 Å². The monoisotopic (exact) mass is 1010 g/mol. The van der Waals surface area contributed by atoms with Crippen molar-refractivity contribution in [2.75, 3.05) is 38.0 Å². The predicted octanol–water partition coefficient (Wildman–Crippen LogP) is 12.2. The van der Waals surface area contributed by atoms with Gasteiger partial charge in [0.25, 0.3) is 0 Å². The van der Waals surface area contributed by atoms with Gasteiger partial charge < -0.3 is 4.90 Å². The van der Waals surface area contributed by atoms with Crippen molar-refractivity contribution in [2.45, 2.75) is 47.8 Å². The van der Waals surface area contributed by atoms with E-state index in [9.17, 15) is 26.3 Å². The van der Waals surface area contributed by atoms with Crippen LogP contribution < -0.4 is 9.80 Å². The van der Waals surface area contributed by atoms with E-state index in [1.54, 1.807) is 11.8 Å². The van der Waals surface area contributed by atoms with E-state index < -0.39 is 23.5 Å². The van der Waals surface area contributed by atoms with Gasteiger partial charge in [0.05, 0.1) is 0 Å². The van der Waals surface area contributed by atoms with Crippen LogP contribution in [0.4, 0.5) is 37.7 Å². The second kappa shape index (κ2) is 17.9. The van der Waals surface area contributed by atoms with Gasteiger partial charge >= 0.3 is 256 Å². The van der Waals surface area contributed by atoms with Crippen molar-refractivity contribution in [3.05, 3.63) is 168 Å². The number of hydrogen-bond acceptors (Lipinski definition) is 3. The van der Waals surface area contributed by atoms with Crippen molar-refractivity contribution in [3.8, 4) is 0 Å². The fourth-order valence-corrected chi connectivity index (χ4v) is 10.1. The Hall–Kier alpha value is -3.88. The number of anilines is 2. The van der Waals surface area contributed by atoms with Crippen LogP contribution in [-0.4, -0.2) is 54.0 Å². The molecule has 2 aliphatic rings. The molecule has 0 amide bonds. The number of halogens is 6. The molecule has 0 aromatic heterocycles. The molecule has 0 fully saturated rings. The summed E-state index contributed by atoms with van der Waals surface area (Å²) in [4.78, 5) is 5.98. The SMILES string of the molecule is CN(C)c1ccc(C(=C\Cc2ccccc2)/C=C/C2=C(c3cc(C(F)(F)F)cc(C(F)(F)F)c3)C(=C/C=C3\C=[C]([Pb])Sc4cc(N(C)C)ccc43)/CCC2)c([SH2+])c1. The third-order valence-corrected chi connectivity index (χ3v) is 12.9. The topological polar surface area (TPSA) is 6.48 Å². The van der Waals surface area contributed by atoms with Crippen LogP contribution in [0.5, 0.6) is 0 Å². The Labute approximate surface area is 356 Å². The maximum atomic E-state index is 14.3. The third-order valence-electron chi connectivity index (χ3n) is 9.87. The summed E-state index contributed by atoms with van der Waals surface area (Å²) in [7, 11) is 7.87. The Bertz CT molecular complexity index is 2300. The zero-order chi connectivity index (χ0) is 41.1. The van der Waals surface area contributed by atoms with Gasteiger partial charge in [-0.15, -0.1) is 0 Å². The molecule has 11 heteroatoms. The second-order valence-corrected chi connectivity index (χ2v) is 19.5. The number of hydrogen-bond donors (Lipinski definition) is 0. The smallest absolute Gasteiger partial charge is 0.00487 e. The van der Waals surface area contributed by atoms with Gasteiger partial charge in [-0.2, -0.15) is 0 Å². The van der Waals surface area contributed by atoms with E-state index in [4.69, 9.17) is 0 Å². The first-order valence-corrected chi connectivity index (χ1v) is 21.6. The van der Waals surface area contributed by atoms with Crippen molar-refractivity contribution in [1.29, 1.82) is 0 Å². The minimum atomic E-state index is -4.98. The average Bonchev–Trinajstić information content (AvgIpc) is 3.16. The molecule has 4 aromatic rings. The minimum absolute atomic E-state index is 0.110. The fraction of sp³-hybridized carbons (Fsp3) is 0.217. The molecule has 0 atom stereocenters. The first kappa shape index (κ1) is 42.7. The molecule has 1 heterocycles. The minimum Gasteiger partial charge on any atom is -0.00487 e. The summed E-state index contributed by atoms with van der Waals surface area (Å²) in [5.41, 5.74) is 5.84. The summed E-state index contributed by atoms with van der Waals surface area (Å²) in [5.74, 6) is 0. The van der Waals surface area contributed by atoms with E-state index in [1.165, 1.54) is 2.46 Å². The molecule has 0 saturated carbocycles. The molecule has 57 heavy (non-hydrogen) atoms. The van der Waals surface area contributed by atoms with Gasteiger partial charge in [0.2, 0.25) is 0 Å². The Morgan fingerprint density at radius 2 is 1.44 bits per heavy atom. The molecule has 1 aliphatic heterocycles. The number of alkyl halides is 6. The van der Waals surface area contributed by atoms with Gasteiger partial charge in [0.15, 0.2) is 4.90 Å².